The van der Waals surface area contributed by atoms with Crippen molar-refractivity contribution < 1.29 is 19.1 Å². The maximum absolute atomic E-state index is 10.6. The van der Waals surface area contributed by atoms with E-state index in [9.17, 15) is 10.1 Å². The van der Waals surface area contributed by atoms with Crippen molar-refractivity contribution in [2.24, 2.45) is 0 Å². The smallest absolute Gasteiger partial charge is 0.273 e. The van der Waals surface area contributed by atoms with E-state index in [2.05, 4.69) is 15.9 Å². The minimum atomic E-state index is -0.458. The Morgan fingerprint density at radius 1 is 1.26 bits per heavy atom. The summed E-state index contributed by atoms with van der Waals surface area (Å²) in [6.07, 6.45) is 0.830. The van der Waals surface area contributed by atoms with Gasteiger partial charge in [-0.05, 0) is 28.4 Å². The topological polar surface area (TPSA) is 70.8 Å². The van der Waals surface area contributed by atoms with Crippen LogP contribution in [0.15, 0.2) is 22.7 Å². The van der Waals surface area contributed by atoms with E-state index >= 15 is 0 Å². The van der Waals surface area contributed by atoms with Crippen LogP contribution in [0.3, 0.4) is 0 Å². The first-order valence-electron chi connectivity index (χ1n) is 5.78. The van der Waals surface area contributed by atoms with Crippen LogP contribution in [-0.4, -0.2) is 38.5 Å². The lowest BCUT2D eigenvalue weighted by molar-refractivity contribution is -0.385. The first-order valence-corrected chi connectivity index (χ1v) is 6.58. The van der Waals surface area contributed by atoms with Crippen LogP contribution in [0.5, 0.6) is 5.75 Å². The highest BCUT2D eigenvalue weighted by atomic mass is 79.9. The van der Waals surface area contributed by atoms with Crippen molar-refractivity contribution in [1.82, 2.24) is 0 Å². The molecule has 0 aliphatic heterocycles. The predicted octanol–water partition coefficient (Wildman–Crippen LogP) is 2.79. The van der Waals surface area contributed by atoms with Crippen LogP contribution < -0.4 is 4.74 Å². The van der Waals surface area contributed by atoms with Crippen molar-refractivity contribution in [3.05, 3.63) is 32.8 Å². The summed E-state index contributed by atoms with van der Waals surface area (Å²) in [6, 6.07) is 4.39. The van der Waals surface area contributed by atoms with Crippen LogP contribution >= 0.6 is 15.9 Å². The molecule has 0 aliphatic carbocycles. The van der Waals surface area contributed by atoms with Gasteiger partial charge in [-0.3, -0.25) is 10.1 Å². The van der Waals surface area contributed by atoms with Crippen molar-refractivity contribution in [2.45, 2.75) is 6.42 Å². The van der Waals surface area contributed by atoms with Gasteiger partial charge in [0.05, 0.1) is 22.1 Å². The average Bonchev–Trinajstić information content (AvgIpc) is 2.39. The summed E-state index contributed by atoms with van der Waals surface area (Å²) in [5.74, 6) is 0.440. The maximum atomic E-state index is 10.6. The van der Waals surface area contributed by atoms with E-state index in [0.29, 0.717) is 36.6 Å². The monoisotopic (exact) mass is 333 g/mol. The first-order chi connectivity index (χ1) is 9.15. The third kappa shape index (κ3) is 6.00. The first kappa shape index (κ1) is 15.9. The third-order valence-electron chi connectivity index (χ3n) is 2.25. The van der Waals surface area contributed by atoms with Crippen molar-refractivity contribution in [3.63, 3.8) is 0 Å². The summed E-state index contributed by atoms with van der Waals surface area (Å²) in [7, 11) is 1.64. The van der Waals surface area contributed by atoms with Crippen LogP contribution in [0, 0.1) is 10.1 Å². The lowest BCUT2D eigenvalue weighted by Crippen LogP contribution is -2.09. The van der Waals surface area contributed by atoms with Crippen LogP contribution in [0.25, 0.3) is 0 Å². The van der Waals surface area contributed by atoms with E-state index in [1.54, 1.807) is 13.2 Å². The van der Waals surface area contributed by atoms with Gasteiger partial charge >= 0.3 is 0 Å². The number of non-ortho nitro benzene ring substituents is 1. The Labute approximate surface area is 119 Å². The van der Waals surface area contributed by atoms with E-state index in [-0.39, 0.29) is 5.69 Å². The van der Waals surface area contributed by atoms with Gasteiger partial charge in [0.2, 0.25) is 0 Å². The molecule has 0 atom stereocenters. The average molecular weight is 334 g/mol. The number of nitro benzene ring substituents is 1. The molecular weight excluding hydrogens is 318 g/mol. The van der Waals surface area contributed by atoms with Gasteiger partial charge in [0.1, 0.15) is 12.4 Å². The summed E-state index contributed by atoms with van der Waals surface area (Å²) in [4.78, 5) is 10.2. The van der Waals surface area contributed by atoms with Gasteiger partial charge < -0.3 is 14.2 Å². The van der Waals surface area contributed by atoms with Crippen LogP contribution in [-0.2, 0) is 9.47 Å². The highest BCUT2D eigenvalue weighted by Crippen LogP contribution is 2.29. The molecule has 0 spiro atoms. The fourth-order valence-corrected chi connectivity index (χ4v) is 1.70. The molecule has 1 aromatic rings. The van der Waals surface area contributed by atoms with Gasteiger partial charge in [0.25, 0.3) is 5.69 Å². The quantitative estimate of drug-likeness (QED) is 0.394. The number of nitrogens with zero attached hydrogens (tertiary/aromatic N) is 1. The van der Waals surface area contributed by atoms with Gasteiger partial charge in [0, 0.05) is 26.4 Å². The summed E-state index contributed by atoms with van der Waals surface area (Å²) in [5.41, 5.74) is -0.000729. The predicted molar refractivity (Wildman–Crippen MR) is 73.6 cm³/mol. The SMILES string of the molecule is COCCCOCCOc1cc([N+](=O)[O-])ccc1Br. The molecule has 0 saturated carbocycles. The van der Waals surface area contributed by atoms with Crippen molar-refractivity contribution in [3.8, 4) is 5.75 Å². The molecule has 0 fully saturated rings. The van der Waals surface area contributed by atoms with Gasteiger partial charge in [-0.25, -0.2) is 0 Å². The molecular formula is C12H16BrNO5. The summed E-state index contributed by atoms with van der Waals surface area (Å²) in [5, 5.41) is 10.6. The Balaban J connectivity index is 2.32. The number of methoxy groups -OCH3 is 1. The van der Waals surface area contributed by atoms with E-state index in [1.807, 2.05) is 0 Å². The minimum absolute atomic E-state index is 0.000729. The lowest BCUT2D eigenvalue weighted by Gasteiger charge is -2.08. The molecule has 106 valence electrons. The van der Waals surface area contributed by atoms with E-state index < -0.39 is 4.92 Å². The minimum Gasteiger partial charge on any atom is -0.490 e. The summed E-state index contributed by atoms with van der Waals surface area (Å²) >= 11 is 3.28. The number of nitro groups is 1. The number of hydrogen-bond donors (Lipinski definition) is 0. The van der Waals surface area contributed by atoms with Crippen molar-refractivity contribution in [2.75, 3.05) is 33.5 Å². The Morgan fingerprint density at radius 3 is 2.74 bits per heavy atom. The molecule has 7 heteroatoms. The fourth-order valence-electron chi connectivity index (χ4n) is 1.33. The Morgan fingerprint density at radius 2 is 2.05 bits per heavy atom. The van der Waals surface area contributed by atoms with Gasteiger partial charge in [0.15, 0.2) is 0 Å². The van der Waals surface area contributed by atoms with Crippen LogP contribution in [0.4, 0.5) is 5.69 Å². The second kappa shape index (κ2) is 8.84. The normalized spacial score (nSPS) is 10.4. The zero-order valence-corrected chi connectivity index (χ0v) is 12.2. The summed E-state index contributed by atoms with van der Waals surface area (Å²) in [6.45, 7) is 2.04. The molecule has 0 radical (unpaired) electrons. The fraction of sp³-hybridized carbons (Fsp3) is 0.500. The van der Waals surface area contributed by atoms with Gasteiger partial charge in [-0.1, -0.05) is 0 Å². The van der Waals surface area contributed by atoms with E-state index in [0.717, 1.165) is 6.42 Å². The number of benzene rings is 1. The molecule has 1 rings (SSSR count). The largest absolute Gasteiger partial charge is 0.490 e. The second-order valence-electron chi connectivity index (χ2n) is 3.68. The van der Waals surface area contributed by atoms with Gasteiger partial charge in [-0.2, -0.15) is 0 Å². The van der Waals surface area contributed by atoms with Crippen molar-refractivity contribution >= 4 is 21.6 Å². The van der Waals surface area contributed by atoms with Crippen LogP contribution in [0.2, 0.25) is 0 Å². The van der Waals surface area contributed by atoms with E-state index in [4.69, 9.17) is 14.2 Å². The Bertz CT molecular complexity index is 413. The molecule has 0 heterocycles. The summed E-state index contributed by atoms with van der Waals surface area (Å²) < 4.78 is 16.3. The number of halogens is 1. The number of rotatable bonds is 9. The molecule has 0 bridgehead atoms. The lowest BCUT2D eigenvalue weighted by atomic mass is 10.3. The number of hydrogen-bond acceptors (Lipinski definition) is 5. The van der Waals surface area contributed by atoms with E-state index in [1.165, 1.54) is 12.1 Å². The zero-order valence-electron chi connectivity index (χ0n) is 10.6. The molecule has 0 amide bonds. The highest BCUT2D eigenvalue weighted by Gasteiger charge is 2.10. The molecule has 1 aromatic carbocycles. The zero-order chi connectivity index (χ0) is 14.1. The van der Waals surface area contributed by atoms with Crippen molar-refractivity contribution in [1.29, 1.82) is 0 Å². The van der Waals surface area contributed by atoms with Crippen LogP contribution in [0.1, 0.15) is 6.42 Å². The molecule has 0 aromatic heterocycles. The standard InChI is InChI=1S/C12H16BrNO5/c1-17-5-2-6-18-7-8-19-12-9-10(14(15)16)3-4-11(12)13/h3-4,9H,2,5-8H2,1H3. The van der Waals surface area contributed by atoms with Gasteiger partial charge in [-0.15, -0.1) is 0 Å². The third-order valence-corrected chi connectivity index (χ3v) is 2.90. The molecule has 0 N–H and O–H groups in total. The molecule has 0 aliphatic rings. The molecule has 19 heavy (non-hydrogen) atoms. The highest BCUT2D eigenvalue weighted by molar-refractivity contribution is 9.10. The Kier molecular flexibility index (Phi) is 7.39. The maximum Gasteiger partial charge on any atom is 0.273 e. The Hall–Kier alpha value is -1.18. The molecule has 6 nitrogen and oxygen atoms in total. The number of ether oxygens (including phenoxy) is 3. The molecule has 0 unspecified atom stereocenters. The second-order valence-corrected chi connectivity index (χ2v) is 4.53. The molecule has 0 saturated heterocycles.